The SMILES string of the molecule is CCOc1cccc(NC(C)CC)c1N. The van der Waals surface area contributed by atoms with Gasteiger partial charge in [-0.3, -0.25) is 0 Å². The maximum atomic E-state index is 5.98. The van der Waals surface area contributed by atoms with E-state index in [4.69, 9.17) is 10.5 Å². The molecule has 0 saturated carbocycles. The molecule has 0 spiro atoms. The number of ether oxygens (including phenoxy) is 1. The van der Waals surface area contributed by atoms with Crippen molar-refractivity contribution in [1.82, 2.24) is 0 Å². The fourth-order valence-corrected chi connectivity index (χ4v) is 1.32. The fourth-order valence-electron chi connectivity index (χ4n) is 1.32. The first-order valence-corrected chi connectivity index (χ1v) is 5.46. The fraction of sp³-hybridized carbons (Fsp3) is 0.500. The van der Waals surface area contributed by atoms with Gasteiger partial charge in [0.2, 0.25) is 0 Å². The Balaban J connectivity index is 2.84. The predicted octanol–water partition coefficient (Wildman–Crippen LogP) is 2.88. The second kappa shape index (κ2) is 5.49. The zero-order valence-electron chi connectivity index (χ0n) is 9.71. The van der Waals surface area contributed by atoms with Gasteiger partial charge in [-0.05, 0) is 32.4 Å². The van der Waals surface area contributed by atoms with Crippen LogP contribution in [0.1, 0.15) is 27.2 Å². The molecule has 0 bridgehead atoms. The van der Waals surface area contributed by atoms with Crippen LogP contribution >= 0.6 is 0 Å². The summed E-state index contributed by atoms with van der Waals surface area (Å²) in [5, 5.41) is 3.35. The molecule has 0 amide bonds. The molecule has 0 aliphatic carbocycles. The lowest BCUT2D eigenvalue weighted by molar-refractivity contribution is 0.342. The van der Waals surface area contributed by atoms with Crippen LogP contribution in [0, 0.1) is 0 Å². The van der Waals surface area contributed by atoms with Crippen molar-refractivity contribution >= 4 is 11.4 Å². The average Bonchev–Trinajstić information content (AvgIpc) is 2.24. The standard InChI is InChI=1S/C12H20N2O/c1-4-9(3)14-10-7-6-8-11(12(10)13)15-5-2/h6-9,14H,4-5,13H2,1-3H3. The molecule has 0 aliphatic heterocycles. The Morgan fingerprint density at radius 2 is 2.13 bits per heavy atom. The quantitative estimate of drug-likeness (QED) is 0.731. The average molecular weight is 208 g/mol. The molecular weight excluding hydrogens is 188 g/mol. The van der Waals surface area contributed by atoms with Crippen LogP contribution in [0.2, 0.25) is 0 Å². The Morgan fingerprint density at radius 3 is 2.73 bits per heavy atom. The number of nitrogens with two attached hydrogens (primary N) is 1. The highest BCUT2D eigenvalue weighted by molar-refractivity contribution is 5.73. The minimum atomic E-state index is 0.421. The molecule has 0 radical (unpaired) electrons. The molecule has 1 aromatic carbocycles. The molecule has 0 saturated heterocycles. The summed E-state index contributed by atoms with van der Waals surface area (Å²) in [5.41, 5.74) is 7.63. The number of para-hydroxylation sites is 1. The van der Waals surface area contributed by atoms with Gasteiger partial charge in [0.25, 0.3) is 0 Å². The number of anilines is 2. The van der Waals surface area contributed by atoms with Crippen molar-refractivity contribution in [3.05, 3.63) is 18.2 Å². The lowest BCUT2D eigenvalue weighted by Crippen LogP contribution is -2.14. The van der Waals surface area contributed by atoms with Crippen molar-refractivity contribution in [3.8, 4) is 5.75 Å². The van der Waals surface area contributed by atoms with Crippen molar-refractivity contribution < 1.29 is 4.74 Å². The third-order valence-electron chi connectivity index (χ3n) is 2.38. The summed E-state index contributed by atoms with van der Waals surface area (Å²) >= 11 is 0. The predicted molar refractivity (Wildman–Crippen MR) is 65.4 cm³/mol. The first-order chi connectivity index (χ1) is 7.19. The van der Waals surface area contributed by atoms with Gasteiger partial charge in [0.05, 0.1) is 18.0 Å². The Labute approximate surface area is 91.6 Å². The number of hydrogen-bond donors (Lipinski definition) is 2. The van der Waals surface area contributed by atoms with Gasteiger partial charge in [-0.1, -0.05) is 13.0 Å². The summed E-state index contributed by atoms with van der Waals surface area (Å²) in [5.74, 6) is 0.755. The molecule has 0 heterocycles. The Bertz CT molecular complexity index is 312. The van der Waals surface area contributed by atoms with Gasteiger partial charge in [0, 0.05) is 6.04 Å². The van der Waals surface area contributed by atoms with E-state index in [0.29, 0.717) is 18.3 Å². The Kier molecular flexibility index (Phi) is 4.28. The van der Waals surface area contributed by atoms with Crippen LogP contribution in [0.15, 0.2) is 18.2 Å². The minimum Gasteiger partial charge on any atom is -0.492 e. The molecule has 1 aromatic rings. The van der Waals surface area contributed by atoms with Crippen LogP contribution in [-0.4, -0.2) is 12.6 Å². The number of hydrogen-bond acceptors (Lipinski definition) is 3. The summed E-state index contributed by atoms with van der Waals surface area (Å²) in [6.45, 7) is 6.86. The number of nitrogens with one attached hydrogen (secondary N) is 1. The summed E-state index contributed by atoms with van der Waals surface area (Å²) in [7, 11) is 0. The molecule has 1 rings (SSSR count). The van der Waals surface area contributed by atoms with Gasteiger partial charge in [0.15, 0.2) is 0 Å². The smallest absolute Gasteiger partial charge is 0.144 e. The van der Waals surface area contributed by atoms with Crippen LogP contribution in [0.3, 0.4) is 0 Å². The summed E-state index contributed by atoms with van der Waals surface area (Å²) in [6.07, 6.45) is 1.07. The molecule has 0 fully saturated rings. The second-order valence-electron chi connectivity index (χ2n) is 3.60. The van der Waals surface area contributed by atoms with Crippen molar-refractivity contribution in [2.45, 2.75) is 33.2 Å². The van der Waals surface area contributed by atoms with Gasteiger partial charge in [-0.15, -0.1) is 0 Å². The highest BCUT2D eigenvalue weighted by Crippen LogP contribution is 2.29. The largest absolute Gasteiger partial charge is 0.492 e. The van der Waals surface area contributed by atoms with Gasteiger partial charge in [-0.25, -0.2) is 0 Å². The molecule has 3 nitrogen and oxygen atoms in total. The highest BCUT2D eigenvalue weighted by atomic mass is 16.5. The van der Waals surface area contributed by atoms with Crippen LogP contribution in [0.4, 0.5) is 11.4 Å². The van der Waals surface area contributed by atoms with Crippen LogP contribution in [0.5, 0.6) is 5.75 Å². The number of nitrogen functional groups attached to an aromatic ring is 1. The van der Waals surface area contributed by atoms with Crippen LogP contribution in [0.25, 0.3) is 0 Å². The first kappa shape index (κ1) is 11.7. The van der Waals surface area contributed by atoms with E-state index in [0.717, 1.165) is 17.9 Å². The van der Waals surface area contributed by atoms with E-state index >= 15 is 0 Å². The monoisotopic (exact) mass is 208 g/mol. The summed E-state index contributed by atoms with van der Waals surface area (Å²) in [6, 6.07) is 6.24. The first-order valence-electron chi connectivity index (χ1n) is 5.46. The minimum absolute atomic E-state index is 0.421. The van der Waals surface area contributed by atoms with E-state index < -0.39 is 0 Å². The molecule has 1 atom stereocenters. The van der Waals surface area contributed by atoms with E-state index in [1.54, 1.807) is 0 Å². The topological polar surface area (TPSA) is 47.3 Å². The summed E-state index contributed by atoms with van der Waals surface area (Å²) < 4.78 is 5.43. The molecular formula is C12H20N2O. The molecule has 0 aromatic heterocycles. The van der Waals surface area contributed by atoms with Gasteiger partial charge >= 0.3 is 0 Å². The molecule has 84 valence electrons. The summed E-state index contributed by atoms with van der Waals surface area (Å²) in [4.78, 5) is 0. The van der Waals surface area contributed by atoms with E-state index in [1.807, 2.05) is 25.1 Å². The number of rotatable bonds is 5. The highest BCUT2D eigenvalue weighted by Gasteiger charge is 2.06. The van der Waals surface area contributed by atoms with Crippen molar-refractivity contribution in [2.75, 3.05) is 17.7 Å². The maximum Gasteiger partial charge on any atom is 0.144 e. The van der Waals surface area contributed by atoms with Crippen molar-refractivity contribution in [2.24, 2.45) is 0 Å². The lowest BCUT2D eigenvalue weighted by atomic mass is 10.2. The lowest BCUT2D eigenvalue weighted by Gasteiger charge is -2.16. The Morgan fingerprint density at radius 1 is 1.40 bits per heavy atom. The van der Waals surface area contributed by atoms with E-state index in [9.17, 15) is 0 Å². The molecule has 3 N–H and O–H groups in total. The van der Waals surface area contributed by atoms with Crippen molar-refractivity contribution in [1.29, 1.82) is 0 Å². The maximum absolute atomic E-state index is 5.98. The number of benzene rings is 1. The zero-order chi connectivity index (χ0) is 11.3. The van der Waals surface area contributed by atoms with Gasteiger partial charge in [-0.2, -0.15) is 0 Å². The van der Waals surface area contributed by atoms with Crippen molar-refractivity contribution in [3.63, 3.8) is 0 Å². The third kappa shape index (κ3) is 3.05. The second-order valence-corrected chi connectivity index (χ2v) is 3.60. The molecule has 15 heavy (non-hydrogen) atoms. The van der Waals surface area contributed by atoms with Crippen LogP contribution < -0.4 is 15.8 Å². The van der Waals surface area contributed by atoms with E-state index in [2.05, 4.69) is 19.2 Å². The normalized spacial score (nSPS) is 12.2. The zero-order valence-corrected chi connectivity index (χ0v) is 9.71. The van der Waals surface area contributed by atoms with E-state index in [-0.39, 0.29) is 0 Å². The third-order valence-corrected chi connectivity index (χ3v) is 2.38. The van der Waals surface area contributed by atoms with Gasteiger partial charge in [0.1, 0.15) is 5.75 Å². The Hall–Kier alpha value is -1.38. The van der Waals surface area contributed by atoms with Crippen LogP contribution in [-0.2, 0) is 0 Å². The van der Waals surface area contributed by atoms with Gasteiger partial charge < -0.3 is 15.8 Å². The molecule has 1 unspecified atom stereocenters. The van der Waals surface area contributed by atoms with E-state index in [1.165, 1.54) is 0 Å². The molecule has 0 aliphatic rings. The molecule has 3 heteroatoms.